The van der Waals surface area contributed by atoms with Crippen LogP contribution in [0.15, 0.2) is 24.3 Å². The van der Waals surface area contributed by atoms with Crippen LogP contribution in [0.4, 0.5) is 14.9 Å². The summed E-state index contributed by atoms with van der Waals surface area (Å²) in [7, 11) is 0. The fraction of sp³-hybridized carbons (Fsp3) is 0.467. The van der Waals surface area contributed by atoms with E-state index in [0.717, 1.165) is 0 Å². The smallest absolute Gasteiger partial charge is 0.409 e. The van der Waals surface area contributed by atoms with Gasteiger partial charge in [0.05, 0.1) is 18.8 Å². The summed E-state index contributed by atoms with van der Waals surface area (Å²) in [6.45, 7) is 4.50. The molecule has 1 aliphatic rings. The SMILES string of the molecule is CCOC(=O)N1CCN(CC(=O)Nc2ccccc2F)CC1. The summed E-state index contributed by atoms with van der Waals surface area (Å²) in [6, 6.07) is 6.05. The van der Waals surface area contributed by atoms with Crippen LogP contribution < -0.4 is 5.32 Å². The van der Waals surface area contributed by atoms with Crippen molar-refractivity contribution >= 4 is 17.7 Å². The van der Waals surface area contributed by atoms with Gasteiger partial charge in [0.2, 0.25) is 5.91 Å². The highest BCUT2D eigenvalue weighted by Crippen LogP contribution is 2.12. The van der Waals surface area contributed by atoms with Crippen LogP contribution in [0.3, 0.4) is 0 Å². The number of hydrogen-bond acceptors (Lipinski definition) is 4. The first-order valence-corrected chi connectivity index (χ1v) is 7.28. The van der Waals surface area contributed by atoms with Gasteiger partial charge in [-0.05, 0) is 19.1 Å². The number of rotatable bonds is 4. The lowest BCUT2D eigenvalue weighted by Crippen LogP contribution is -2.50. The van der Waals surface area contributed by atoms with Crippen LogP contribution in [0.25, 0.3) is 0 Å². The van der Waals surface area contributed by atoms with Crippen molar-refractivity contribution in [3.05, 3.63) is 30.1 Å². The Morgan fingerprint density at radius 1 is 1.23 bits per heavy atom. The molecule has 0 spiro atoms. The summed E-state index contributed by atoms with van der Waals surface area (Å²) in [6.07, 6.45) is -0.321. The van der Waals surface area contributed by atoms with Gasteiger partial charge in [0.1, 0.15) is 5.82 Å². The van der Waals surface area contributed by atoms with E-state index < -0.39 is 5.82 Å². The molecule has 0 aliphatic carbocycles. The fourth-order valence-corrected chi connectivity index (χ4v) is 2.26. The van der Waals surface area contributed by atoms with Gasteiger partial charge in [0.25, 0.3) is 0 Å². The van der Waals surface area contributed by atoms with E-state index in [2.05, 4.69) is 5.32 Å². The number of nitrogens with one attached hydrogen (secondary N) is 1. The van der Waals surface area contributed by atoms with Gasteiger partial charge in [0, 0.05) is 26.2 Å². The van der Waals surface area contributed by atoms with Crippen LogP contribution in [0.5, 0.6) is 0 Å². The first kappa shape index (κ1) is 16.2. The zero-order chi connectivity index (χ0) is 15.9. The summed E-state index contributed by atoms with van der Waals surface area (Å²) < 4.78 is 18.4. The molecule has 0 saturated carbocycles. The van der Waals surface area contributed by atoms with Gasteiger partial charge in [-0.15, -0.1) is 0 Å². The molecule has 2 rings (SSSR count). The Morgan fingerprint density at radius 2 is 1.91 bits per heavy atom. The van der Waals surface area contributed by atoms with E-state index in [9.17, 15) is 14.0 Å². The van der Waals surface area contributed by atoms with Gasteiger partial charge in [0.15, 0.2) is 0 Å². The van der Waals surface area contributed by atoms with Crippen LogP contribution >= 0.6 is 0 Å². The van der Waals surface area contributed by atoms with Crippen molar-refractivity contribution in [3.8, 4) is 0 Å². The molecule has 0 radical (unpaired) electrons. The highest BCUT2D eigenvalue weighted by Gasteiger charge is 2.23. The maximum Gasteiger partial charge on any atom is 0.409 e. The lowest BCUT2D eigenvalue weighted by atomic mass is 10.3. The number of ether oxygens (including phenoxy) is 1. The monoisotopic (exact) mass is 309 g/mol. The van der Waals surface area contributed by atoms with E-state index >= 15 is 0 Å². The van der Waals surface area contributed by atoms with Gasteiger partial charge in [-0.3, -0.25) is 9.69 Å². The Kier molecular flexibility index (Phi) is 5.71. The van der Waals surface area contributed by atoms with Crippen LogP contribution in [0.1, 0.15) is 6.92 Å². The molecule has 1 aromatic rings. The molecule has 1 fully saturated rings. The quantitative estimate of drug-likeness (QED) is 0.916. The van der Waals surface area contributed by atoms with Gasteiger partial charge in [-0.25, -0.2) is 9.18 Å². The number of carbonyl (C=O) groups excluding carboxylic acids is 2. The predicted octanol–water partition coefficient (Wildman–Crippen LogP) is 1.54. The molecule has 1 aliphatic heterocycles. The second kappa shape index (κ2) is 7.74. The summed E-state index contributed by atoms with van der Waals surface area (Å²) in [5, 5.41) is 2.55. The van der Waals surface area contributed by atoms with Gasteiger partial charge >= 0.3 is 6.09 Å². The van der Waals surface area contributed by atoms with Crippen molar-refractivity contribution in [2.75, 3.05) is 44.6 Å². The van der Waals surface area contributed by atoms with Crippen LogP contribution in [0.2, 0.25) is 0 Å². The molecule has 0 bridgehead atoms. The topological polar surface area (TPSA) is 61.9 Å². The van der Waals surface area contributed by atoms with Gasteiger partial charge in [-0.1, -0.05) is 12.1 Å². The molecular formula is C15H20FN3O3. The van der Waals surface area contributed by atoms with Crippen molar-refractivity contribution in [1.82, 2.24) is 9.80 Å². The standard InChI is InChI=1S/C15H20FN3O3/c1-2-22-15(21)19-9-7-18(8-10-19)11-14(20)17-13-6-4-3-5-12(13)16/h3-6H,2,7-11H2,1H3,(H,17,20). The summed E-state index contributed by atoms with van der Waals surface area (Å²) >= 11 is 0. The minimum atomic E-state index is -0.456. The average molecular weight is 309 g/mol. The maximum absolute atomic E-state index is 13.5. The molecule has 7 heteroatoms. The maximum atomic E-state index is 13.5. The number of piperazine rings is 1. The molecule has 6 nitrogen and oxygen atoms in total. The molecule has 22 heavy (non-hydrogen) atoms. The minimum Gasteiger partial charge on any atom is -0.450 e. The van der Waals surface area contributed by atoms with Crippen molar-refractivity contribution in [2.24, 2.45) is 0 Å². The Morgan fingerprint density at radius 3 is 2.55 bits per heavy atom. The highest BCUT2D eigenvalue weighted by molar-refractivity contribution is 5.92. The Balaban J connectivity index is 1.77. The number of hydrogen-bond donors (Lipinski definition) is 1. The van der Waals surface area contributed by atoms with Crippen molar-refractivity contribution < 1.29 is 18.7 Å². The lowest BCUT2D eigenvalue weighted by molar-refractivity contribution is -0.117. The summed E-state index contributed by atoms with van der Waals surface area (Å²) in [5.41, 5.74) is 0.178. The number of nitrogens with zero attached hydrogens (tertiary/aromatic N) is 2. The van der Waals surface area contributed by atoms with E-state index in [1.165, 1.54) is 12.1 Å². The van der Waals surface area contributed by atoms with Gasteiger partial charge < -0.3 is 15.0 Å². The summed E-state index contributed by atoms with van der Waals surface area (Å²) in [5.74, 6) is -0.724. The molecule has 120 valence electrons. The average Bonchev–Trinajstić information content (AvgIpc) is 2.50. The van der Waals surface area contributed by atoms with E-state index in [1.807, 2.05) is 4.90 Å². The Bertz CT molecular complexity index is 531. The molecule has 2 amide bonds. The molecule has 1 heterocycles. The number of halogens is 1. The largest absolute Gasteiger partial charge is 0.450 e. The number of benzene rings is 1. The predicted molar refractivity (Wildman–Crippen MR) is 80.1 cm³/mol. The van der Waals surface area contributed by atoms with Crippen molar-refractivity contribution in [3.63, 3.8) is 0 Å². The number of anilines is 1. The van der Waals surface area contributed by atoms with E-state index in [0.29, 0.717) is 32.8 Å². The molecule has 0 atom stereocenters. The van der Waals surface area contributed by atoms with E-state index in [1.54, 1.807) is 24.0 Å². The fourth-order valence-electron chi connectivity index (χ4n) is 2.26. The third-order valence-electron chi connectivity index (χ3n) is 3.41. The number of para-hydroxylation sites is 1. The second-order valence-corrected chi connectivity index (χ2v) is 4.99. The Labute approximate surface area is 128 Å². The van der Waals surface area contributed by atoms with E-state index in [-0.39, 0.29) is 24.2 Å². The molecule has 1 aromatic carbocycles. The van der Waals surface area contributed by atoms with Gasteiger partial charge in [-0.2, -0.15) is 0 Å². The molecule has 0 unspecified atom stereocenters. The van der Waals surface area contributed by atoms with Crippen LogP contribution in [-0.2, 0) is 9.53 Å². The molecule has 0 aromatic heterocycles. The zero-order valence-corrected chi connectivity index (χ0v) is 12.5. The third-order valence-corrected chi connectivity index (χ3v) is 3.41. The first-order chi connectivity index (χ1) is 10.6. The molecule has 1 saturated heterocycles. The normalized spacial score (nSPS) is 15.5. The van der Waals surface area contributed by atoms with E-state index in [4.69, 9.17) is 4.74 Å². The Hall–Kier alpha value is -2.15. The summed E-state index contributed by atoms with van der Waals surface area (Å²) in [4.78, 5) is 27.0. The third kappa shape index (κ3) is 4.42. The zero-order valence-electron chi connectivity index (χ0n) is 12.5. The van der Waals surface area contributed by atoms with Crippen molar-refractivity contribution in [1.29, 1.82) is 0 Å². The lowest BCUT2D eigenvalue weighted by Gasteiger charge is -2.33. The second-order valence-electron chi connectivity index (χ2n) is 4.99. The number of carbonyl (C=O) groups is 2. The number of amides is 2. The van der Waals surface area contributed by atoms with Crippen LogP contribution in [-0.4, -0.2) is 61.1 Å². The minimum absolute atomic E-state index is 0.172. The molecular weight excluding hydrogens is 289 g/mol. The highest BCUT2D eigenvalue weighted by atomic mass is 19.1. The molecule has 1 N–H and O–H groups in total. The van der Waals surface area contributed by atoms with Crippen LogP contribution in [0, 0.1) is 5.82 Å². The first-order valence-electron chi connectivity index (χ1n) is 7.28. The van der Waals surface area contributed by atoms with Crippen molar-refractivity contribution in [2.45, 2.75) is 6.92 Å².